The Morgan fingerprint density at radius 3 is 2.69 bits per heavy atom. The Labute approximate surface area is 166 Å². The van der Waals surface area contributed by atoms with Gasteiger partial charge in [0.15, 0.2) is 5.82 Å². The number of nitrogens with one attached hydrogen (secondary N) is 2. The lowest BCUT2D eigenvalue weighted by molar-refractivity contribution is -0.141. The van der Waals surface area contributed by atoms with Gasteiger partial charge in [-0.25, -0.2) is 9.78 Å². The summed E-state index contributed by atoms with van der Waals surface area (Å²) in [5, 5.41) is 22.5. The number of carboxylic acids is 1. The van der Waals surface area contributed by atoms with Crippen LogP contribution in [0.15, 0.2) is 47.4 Å². The van der Waals surface area contributed by atoms with Crippen LogP contribution in [0.3, 0.4) is 0 Å². The van der Waals surface area contributed by atoms with Gasteiger partial charge in [0.1, 0.15) is 0 Å². The highest BCUT2D eigenvalue weighted by atomic mass is 16.4. The summed E-state index contributed by atoms with van der Waals surface area (Å²) < 4.78 is 1.42. The molecule has 3 aromatic rings. The van der Waals surface area contributed by atoms with Crippen molar-refractivity contribution < 1.29 is 14.7 Å². The van der Waals surface area contributed by atoms with E-state index in [1.165, 1.54) is 23.0 Å². The van der Waals surface area contributed by atoms with E-state index >= 15 is 0 Å². The van der Waals surface area contributed by atoms with Gasteiger partial charge in [0.2, 0.25) is 0 Å². The Morgan fingerprint density at radius 2 is 2.03 bits per heavy atom. The van der Waals surface area contributed by atoms with Gasteiger partial charge in [-0.1, -0.05) is 29.8 Å². The molecule has 1 unspecified atom stereocenters. The number of carbonyl (C=O) groups is 2. The molecule has 0 radical (unpaired) electrons. The monoisotopic (exact) mass is 395 g/mol. The van der Waals surface area contributed by atoms with E-state index in [1.54, 1.807) is 6.92 Å². The number of hydrogen-bond acceptors (Lipinski definition) is 5. The van der Waals surface area contributed by atoms with Crippen molar-refractivity contribution in [1.29, 1.82) is 0 Å². The van der Waals surface area contributed by atoms with Crippen LogP contribution in [0.25, 0.3) is 5.82 Å². The maximum Gasteiger partial charge on any atom is 0.308 e. The summed E-state index contributed by atoms with van der Waals surface area (Å²) in [4.78, 5) is 35.3. The van der Waals surface area contributed by atoms with Crippen molar-refractivity contribution in [3.63, 3.8) is 0 Å². The fourth-order valence-corrected chi connectivity index (χ4v) is 3.00. The topological polar surface area (TPSA) is 130 Å². The van der Waals surface area contributed by atoms with Crippen molar-refractivity contribution in [3.05, 3.63) is 75.3 Å². The molecule has 0 saturated carbocycles. The SMILES string of the molecule is Cc1cccc(CC(CNC(=O)c2cnn(-c3ccc(=O)[nH]n3)c2C)C(=O)O)c1. The van der Waals surface area contributed by atoms with Gasteiger partial charge in [-0.15, -0.1) is 0 Å². The van der Waals surface area contributed by atoms with E-state index in [1.807, 2.05) is 31.2 Å². The highest BCUT2D eigenvalue weighted by Crippen LogP contribution is 2.13. The molecule has 1 atom stereocenters. The minimum atomic E-state index is -0.975. The maximum absolute atomic E-state index is 12.6. The first-order chi connectivity index (χ1) is 13.8. The van der Waals surface area contributed by atoms with Crippen LogP contribution in [-0.4, -0.2) is 43.5 Å². The second-order valence-electron chi connectivity index (χ2n) is 6.77. The third kappa shape index (κ3) is 4.75. The molecule has 3 N–H and O–H groups in total. The van der Waals surface area contributed by atoms with Crippen LogP contribution in [-0.2, 0) is 11.2 Å². The number of aryl methyl sites for hydroxylation is 1. The predicted octanol–water partition coefficient (Wildman–Crippen LogP) is 1.25. The van der Waals surface area contributed by atoms with E-state index in [9.17, 15) is 19.5 Å². The molecular weight excluding hydrogens is 374 g/mol. The molecule has 3 rings (SSSR count). The molecule has 2 heterocycles. The van der Waals surface area contributed by atoms with Crippen LogP contribution >= 0.6 is 0 Å². The van der Waals surface area contributed by atoms with E-state index in [4.69, 9.17) is 0 Å². The lowest BCUT2D eigenvalue weighted by atomic mass is 9.98. The van der Waals surface area contributed by atoms with Crippen molar-refractivity contribution in [1.82, 2.24) is 25.3 Å². The molecule has 0 aliphatic rings. The lowest BCUT2D eigenvalue weighted by Gasteiger charge is -2.14. The number of rotatable bonds is 7. The van der Waals surface area contributed by atoms with E-state index in [2.05, 4.69) is 20.6 Å². The Balaban J connectivity index is 1.70. The van der Waals surface area contributed by atoms with E-state index in [0.717, 1.165) is 11.1 Å². The Morgan fingerprint density at radius 1 is 1.24 bits per heavy atom. The Bertz CT molecular complexity index is 1080. The van der Waals surface area contributed by atoms with Crippen LogP contribution in [0.2, 0.25) is 0 Å². The molecule has 29 heavy (non-hydrogen) atoms. The zero-order valence-electron chi connectivity index (χ0n) is 16.0. The van der Waals surface area contributed by atoms with E-state index in [-0.39, 0.29) is 12.1 Å². The smallest absolute Gasteiger partial charge is 0.308 e. The number of carboxylic acid groups (broad SMARTS) is 1. The van der Waals surface area contributed by atoms with Crippen LogP contribution in [0.4, 0.5) is 0 Å². The van der Waals surface area contributed by atoms with Crippen molar-refractivity contribution in [2.75, 3.05) is 6.54 Å². The largest absolute Gasteiger partial charge is 0.481 e. The van der Waals surface area contributed by atoms with Crippen LogP contribution in [0.1, 0.15) is 27.2 Å². The molecule has 1 aromatic carbocycles. The van der Waals surface area contributed by atoms with Crippen molar-refractivity contribution in [2.24, 2.45) is 5.92 Å². The molecule has 0 aliphatic carbocycles. The minimum absolute atomic E-state index is 0.0103. The normalized spacial score (nSPS) is 11.8. The fraction of sp³-hybridized carbons (Fsp3) is 0.250. The van der Waals surface area contributed by atoms with Crippen LogP contribution < -0.4 is 10.9 Å². The third-order valence-electron chi connectivity index (χ3n) is 4.56. The van der Waals surface area contributed by atoms with Crippen molar-refractivity contribution >= 4 is 11.9 Å². The second-order valence-corrected chi connectivity index (χ2v) is 6.77. The number of amides is 1. The molecule has 0 saturated heterocycles. The molecular formula is C20H21N5O4. The molecule has 9 heteroatoms. The third-order valence-corrected chi connectivity index (χ3v) is 4.56. The standard InChI is InChI=1S/C20H21N5O4/c1-12-4-3-5-14(8-12)9-15(20(28)29)10-21-19(27)16-11-22-25(13(16)2)17-6-7-18(26)24-23-17/h3-8,11,15H,9-10H2,1-2H3,(H,21,27)(H,24,26)(H,28,29). The molecule has 9 nitrogen and oxygen atoms in total. The Hall–Kier alpha value is -3.75. The van der Waals surface area contributed by atoms with Crippen molar-refractivity contribution in [2.45, 2.75) is 20.3 Å². The molecule has 2 aromatic heterocycles. The number of nitrogens with zero attached hydrogens (tertiary/aromatic N) is 3. The van der Waals surface area contributed by atoms with Gasteiger partial charge < -0.3 is 10.4 Å². The molecule has 0 fully saturated rings. The molecule has 0 aliphatic heterocycles. The number of aromatic nitrogens is 4. The number of carbonyl (C=O) groups excluding carboxylic acids is 1. The minimum Gasteiger partial charge on any atom is -0.481 e. The summed E-state index contributed by atoms with van der Waals surface area (Å²) in [5.74, 6) is -1.79. The van der Waals surface area contributed by atoms with Gasteiger partial charge in [0.25, 0.3) is 11.5 Å². The lowest BCUT2D eigenvalue weighted by Crippen LogP contribution is -2.34. The van der Waals surface area contributed by atoms with Gasteiger partial charge in [0.05, 0.1) is 23.4 Å². The number of H-pyrrole nitrogens is 1. The zero-order chi connectivity index (χ0) is 21.0. The van der Waals surface area contributed by atoms with E-state index in [0.29, 0.717) is 23.5 Å². The summed E-state index contributed by atoms with van der Waals surface area (Å²) in [6.45, 7) is 3.62. The average Bonchev–Trinajstić information content (AvgIpc) is 3.07. The predicted molar refractivity (Wildman–Crippen MR) is 105 cm³/mol. The second kappa shape index (κ2) is 8.51. The van der Waals surface area contributed by atoms with Crippen LogP contribution in [0.5, 0.6) is 0 Å². The summed E-state index contributed by atoms with van der Waals surface area (Å²) in [5.41, 5.74) is 2.43. The summed E-state index contributed by atoms with van der Waals surface area (Å²) in [6.07, 6.45) is 1.70. The Kier molecular flexibility index (Phi) is 5.87. The zero-order valence-corrected chi connectivity index (χ0v) is 16.0. The molecule has 0 spiro atoms. The number of benzene rings is 1. The van der Waals surface area contributed by atoms with Gasteiger partial charge in [0, 0.05) is 12.6 Å². The van der Waals surface area contributed by atoms with Gasteiger partial charge in [-0.2, -0.15) is 10.2 Å². The average molecular weight is 395 g/mol. The summed E-state index contributed by atoms with van der Waals surface area (Å²) in [7, 11) is 0. The highest BCUT2D eigenvalue weighted by molar-refractivity contribution is 5.95. The highest BCUT2D eigenvalue weighted by Gasteiger charge is 2.21. The molecule has 1 amide bonds. The summed E-state index contributed by atoms with van der Waals surface area (Å²) >= 11 is 0. The van der Waals surface area contributed by atoms with Gasteiger partial charge in [-0.05, 0) is 31.9 Å². The fourth-order valence-electron chi connectivity index (χ4n) is 3.00. The maximum atomic E-state index is 12.6. The van der Waals surface area contributed by atoms with Gasteiger partial charge >= 0.3 is 5.97 Å². The first-order valence-electron chi connectivity index (χ1n) is 9.02. The van der Waals surface area contributed by atoms with Crippen LogP contribution in [0, 0.1) is 19.8 Å². The molecule has 0 bridgehead atoms. The van der Waals surface area contributed by atoms with E-state index < -0.39 is 17.8 Å². The van der Waals surface area contributed by atoms with Crippen molar-refractivity contribution in [3.8, 4) is 5.82 Å². The number of aromatic amines is 1. The first-order valence-corrected chi connectivity index (χ1v) is 9.02. The first kappa shape index (κ1) is 20.0. The number of aliphatic carboxylic acids is 1. The van der Waals surface area contributed by atoms with Gasteiger partial charge in [-0.3, -0.25) is 14.4 Å². The quantitative estimate of drug-likeness (QED) is 0.552. The summed E-state index contributed by atoms with van der Waals surface area (Å²) in [6, 6.07) is 10.4. The number of hydrogen-bond donors (Lipinski definition) is 3. The molecule has 150 valence electrons.